The van der Waals surface area contributed by atoms with E-state index in [1.165, 1.54) is 9.80 Å². The van der Waals surface area contributed by atoms with Gasteiger partial charge in [0, 0.05) is 119 Å². The molecule has 0 unspecified atom stereocenters. The van der Waals surface area contributed by atoms with E-state index in [1.807, 2.05) is 48.5 Å². The summed E-state index contributed by atoms with van der Waals surface area (Å²) in [7, 11) is 0. The Morgan fingerprint density at radius 1 is 0.513 bits per heavy atom. The Kier molecular flexibility index (Phi) is 21.1. The fourth-order valence-corrected chi connectivity index (χ4v) is 8.66. The van der Waals surface area contributed by atoms with Gasteiger partial charge in [-0.1, -0.05) is 30.7 Å². The van der Waals surface area contributed by atoms with Gasteiger partial charge in [0.2, 0.25) is 23.6 Å². The number of rotatable bonds is 13. The first-order chi connectivity index (χ1) is 37.8. The molecular formula is C56H65N11O11. The summed E-state index contributed by atoms with van der Waals surface area (Å²) in [4.78, 5) is 99.6. The highest BCUT2D eigenvalue weighted by Gasteiger charge is 2.28. The molecule has 0 aliphatic carbocycles. The molecular weight excluding hydrogens is 1000 g/mol. The van der Waals surface area contributed by atoms with Gasteiger partial charge < -0.3 is 24.8 Å². The summed E-state index contributed by atoms with van der Waals surface area (Å²) in [6.07, 6.45) is 10.5. The van der Waals surface area contributed by atoms with E-state index >= 15 is 0 Å². The molecule has 10 rings (SSSR count). The highest BCUT2D eigenvalue weighted by atomic mass is 16.5. The van der Waals surface area contributed by atoms with E-state index in [9.17, 15) is 38.4 Å². The number of terminal acetylenes is 1. The van der Waals surface area contributed by atoms with Crippen LogP contribution in [0.25, 0.3) is 0 Å². The first-order valence-electron chi connectivity index (χ1n) is 25.8. The Balaban J connectivity index is 0.000000152. The molecule has 78 heavy (non-hydrogen) atoms. The number of carbonyl (C=O) groups is 8. The van der Waals surface area contributed by atoms with E-state index in [2.05, 4.69) is 49.3 Å². The van der Waals surface area contributed by atoms with Crippen molar-refractivity contribution in [2.24, 2.45) is 0 Å². The average Bonchev–Trinajstić information content (AvgIpc) is 3.47. The number of piperidine rings is 1. The van der Waals surface area contributed by atoms with Gasteiger partial charge in [0.1, 0.15) is 36.6 Å². The van der Waals surface area contributed by atoms with Crippen LogP contribution in [0.15, 0.2) is 110 Å². The molecule has 410 valence electrons. The molecule has 6 fully saturated rings. The first kappa shape index (κ1) is 56.9. The van der Waals surface area contributed by atoms with Gasteiger partial charge in [-0.2, -0.15) is 0 Å². The largest absolute Gasteiger partial charge is 0.492 e. The van der Waals surface area contributed by atoms with Gasteiger partial charge in [0.05, 0.1) is 0 Å². The van der Waals surface area contributed by atoms with Crippen molar-refractivity contribution in [3.8, 4) is 29.6 Å². The maximum absolute atomic E-state index is 11.8. The SMILES string of the molecule is C#Cc1cccc(N2CCC(=O)NC2=O)c1.C=CCOc1cccc(N2CCC(=O)NC2=O)c1.O=C1CCN(c2ccc(OC3CCNCC3)cc2)C(=O)N1.O=C1CCN(c2ccc(OCCN3CCNCC3)cc2)C(=O)N1. The predicted molar refractivity (Wildman–Crippen MR) is 293 cm³/mol. The quantitative estimate of drug-likeness (QED) is 0.0798. The number of nitrogens with zero attached hydrogens (tertiary/aromatic N) is 5. The van der Waals surface area contributed by atoms with Crippen LogP contribution in [0.1, 0.15) is 44.1 Å². The van der Waals surface area contributed by atoms with Gasteiger partial charge >= 0.3 is 24.1 Å². The lowest BCUT2D eigenvalue weighted by Crippen LogP contribution is -2.49. The minimum Gasteiger partial charge on any atom is -0.492 e. The van der Waals surface area contributed by atoms with Crippen molar-refractivity contribution >= 4 is 70.5 Å². The molecule has 0 bridgehead atoms. The van der Waals surface area contributed by atoms with Gasteiger partial charge in [-0.25, -0.2) is 19.2 Å². The van der Waals surface area contributed by atoms with Gasteiger partial charge in [-0.3, -0.25) is 64.9 Å². The Labute approximate surface area is 452 Å². The second-order valence-corrected chi connectivity index (χ2v) is 18.3. The van der Waals surface area contributed by atoms with Crippen molar-refractivity contribution < 1.29 is 52.6 Å². The number of ether oxygens (including phenoxy) is 3. The van der Waals surface area contributed by atoms with Crippen LogP contribution in [0, 0.1) is 12.3 Å². The summed E-state index contributed by atoms with van der Waals surface area (Å²) in [5.74, 6) is 3.85. The summed E-state index contributed by atoms with van der Waals surface area (Å²) >= 11 is 0. The highest BCUT2D eigenvalue weighted by Crippen LogP contribution is 2.26. The fraction of sp³-hybridized carbons (Fsp3) is 0.357. The predicted octanol–water partition coefficient (Wildman–Crippen LogP) is 4.49. The fourth-order valence-electron chi connectivity index (χ4n) is 8.66. The molecule has 0 saturated carbocycles. The van der Waals surface area contributed by atoms with Crippen LogP contribution in [0.2, 0.25) is 0 Å². The Morgan fingerprint density at radius 2 is 0.962 bits per heavy atom. The molecule has 6 N–H and O–H groups in total. The Bertz CT molecular complexity index is 2810. The smallest absolute Gasteiger partial charge is 0.328 e. The molecule has 12 amide bonds. The molecule has 6 saturated heterocycles. The number of urea groups is 4. The molecule has 6 aliphatic heterocycles. The van der Waals surface area contributed by atoms with Gasteiger partial charge in [-0.05, 0) is 105 Å². The number of anilines is 4. The molecule has 0 radical (unpaired) electrons. The maximum Gasteiger partial charge on any atom is 0.328 e. The number of imide groups is 4. The average molecular weight is 1070 g/mol. The molecule has 22 nitrogen and oxygen atoms in total. The van der Waals surface area contributed by atoms with Crippen LogP contribution in [-0.4, -0.2) is 144 Å². The normalized spacial score (nSPS) is 17.9. The molecule has 6 heterocycles. The van der Waals surface area contributed by atoms with E-state index in [1.54, 1.807) is 64.4 Å². The lowest BCUT2D eigenvalue weighted by atomic mass is 10.1. The molecule has 4 aromatic rings. The van der Waals surface area contributed by atoms with Crippen molar-refractivity contribution in [2.75, 3.05) is 105 Å². The third-order valence-electron chi connectivity index (χ3n) is 12.8. The van der Waals surface area contributed by atoms with Crippen molar-refractivity contribution in [1.29, 1.82) is 0 Å². The zero-order valence-electron chi connectivity index (χ0n) is 43.3. The summed E-state index contributed by atoms with van der Waals surface area (Å²) in [6, 6.07) is 27.6. The monoisotopic (exact) mass is 1070 g/mol. The second kappa shape index (κ2) is 28.9. The Hall–Kier alpha value is -8.78. The van der Waals surface area contributed by atoms with Gasteiger partial charge in [-0.15, -0.1) is 6.42 Å². The third-order valence-corrected chi connectivity index (χ3v) is 12.8. The number of carbonyl (C=O) groups excluding carboxylic acids is 8. The summed E-state index contributed by atoms with van der Waals surface area (Å²) in [6.45, 7) is 13.3. The molecule has 4 aromatic carbocycles. The number of hydrogen-bond acceptors (Lipinski definition) is 14. The van der Waals surface area contributed by atoms with Crippen LogP contribution >= 0.6 is 0 Å². The Morgan fingerprint density at radius 3 is 1.44 bits per heavy atom. The lowest BCUT2D eigenvalue weighted by Gasteiger charge is -2.27. The summed E-state index contributed by atoms with van der Waals surface area (Å²) in [5, 5.41) is 15.8. The number of amides is 12. The van der Waals surface area contributed by atoms with E-state index in [0.717, 1.165) is 81.5 Å². The minimum absolute atomic E-state index is 0.220. The minimum atomic E-state index is -0.398. The van der Waals surface area contributed by atoms with Gasteiger partial charge in [0.15, 0.2) is 0 Å². The second-order valence-electron chi connectivity index (χ2n) is 18.3. The number of nitrogens with one attached hydrogen (secondary N) is 6. The molecule has 0 atom stereocenters. The van der Waals surface area contributed by atoms with Gasteiger partial charge in [0.25, 0.3) is 0 Å². The van der Waals surface area contributed by atoms with Crippen molar-refractivity contribution in [1.82, 2.24) is 36.8 Å². The topological polar surface area (TPSA) is 253 Å². The molecule has 0 spiro atoms. The van der Waals surface area contributed by atoms with Crippen molar-refractivity contribution in [2.45, 2.75) is 44.6 Å². The van der Waals surface area contributed by atoms with E-state index in [-0.39, 0.29) is 41.8 Å². The summed E-state index contributed by atoms with van der Waals surface area (Å²) in [5.41, 5.74) is 3.67. The third kappa shape index (κ3) is 17.1. The van der Waals surface area contributed by atoms with Crippen LogP contribution in [-0.2, 0) is 19.2 Å². The van der Waals surface area contributed by atoms with Crippen LogP contribution in [0.5, 0.6) is 17.2 Å². The number of hydrogen-bond donors (Lipinski definition) is 6. The van der Waals surface area contributed by atoms with Crippen molar-refractivity contribution in [3.05, 3.63) is 115 Å². The number of benzene rings is 4. The van der Waals surface area contributed by atoms with Crippen LogP contribution in [0.4, 0.5) is 41.9 Å². The highest BCUT2D eigenvalue weighted by molar-refractivity contribution is 6.07. The molecule has 22 heteroatoms. The standard InChI is InChI=1S/C16H22N4O3.C15H19N3O3.C13H14N2O3.C12H10N2O2/c21-15-5-8-20(16(22)18-15)13-1-3-14(4-2-13)23-12-11-19-9-6-17-7-10-19;19-14-7-10-18(15(20)17-14)11-1-3-12(4-2-11)21-13-5-8-16-9-6-13;1-2-8-18-11-5-3-4-10(9-11)15-7-6-12(16)14-13(15)17;1-2-9-4-3-5-10(8-9)14-7-6-11(15)13-12(14)16/h1-4,17H,5-12H2,(H,18,21,22);1-4,13,16H,5-10H2,(H,17,19,20);2-5,9H,1,6-8H2,(H,14,16,17);1,3-5,8H,6-7H2,(H,13,15,16). The van der Waals surface area contributed by atoms with Crippen LogP contribution < -0.4 is 65.7 Å². The molecule has 0 aromatic heterocycles. The van der Waals surface area contributed by atoms with E-state index in [0.29, 0.717) is 87.8 Å². The van der Waals surface area contributed by atoms with Crippen molar-refractivity contribution in [3.63, 3.8) is 0 Å². The van der Waals surface area contributed by atoms with E-state index in [4.69, 9.17) is 20.6 Å². The zero-order valence-corrected chi connectivity index (χ0v) is 43.3. The molecule has 6 aliphatic rings. The number of piperazine rings is 1. The zero-order chi connectivity index (χ0) is 55.2. The summed E-state index contributed by atoms with van der Waals surface area (Å²) < 4.78 is 17.1. The lowest BCUT2D eigenvalue weighted by molar-refractivity contribution is -0.121. The maximum atomic E-state index is 11.8. The van der Waals surface area contributed by atoms with Crippen LogP contribution in [0.3, 0.4) is 0 Å². The first-order valence-corrected chi connectivity index (χ1v) is 25.8. The van der Waals surface area contributed by atoms with E-state index < -0.39 is 12.1 Å².